The van der Waals surface area contributed by atoms with Crippen LogP contribution >= 0.6 is 11.3 Å². The number of imide groups is 1. The van der Waals surface area contributed by atoms with Crippen LogP contribution in [-0.4, -0.2) is 42.8 Å². The van der Waals surface area contributed by atoms with Crippen molar-refractivity contribution in [3.05, 3.63) is 58.0 Å². The Bertz CT molecular complexity index is 1290. The zero-order valence-corrected chi connectivity index (χ0v) is 16.4. The molecule has 0 unspecified atom stereocenters. The van der Waals surface area contributed by atoms with Crippen LogP contribution in [0.25, 0.3) is 15.9 Å². The number of hydrogen-bond donors (Lipinski definition) is 0. The van der Waals surface area contributed by atoms with Crippen LogP contribution < -0.4 is 0 Å². The highest BCUT2D eigenvalue weighted by Crippen LogP contribution is 2.36. The van der Waals surface area contributed by atoms with Gasteiger partial charge in [-0.3, -0.25) is 14.5 Å². The highest BCUT2D eigenvalue weighted by Gasteiger charge is 2.34. The summed E-state index contributed by atoms with van der Waals surface area (Å²) in [6.45, 7) is 0.265. The van der Waals surface area contributed by atoms with Gasteiger partial charge in [0.2, 0.25) is 0 Å². The van der Waals surface area contributed by atoms with Crippen LogP contribution in [0.5, 0.6) is 0 Å². The van der Waals surface area contributed by atoms with Crippen molar-refractivity contribution in [2.45, 2.75) is 32.1 Å². The predicted octanol–water partition coefficient (Wildman–Crippen LogP) is 3.06. The fourth-order valence-corrected chi connectivity index (χ4v) is 5.58. The van der Waals surface area contributed by atoms with Gasteiger partial charge in [-0.25, -0.2) is 14.5 Å². The molecule has 2 amide bonds. The molecule has 0 N–H and O–H groups in total. The van der Waals surface area contributed by atoms with Crippen LogP contribution in [0.3, 0.4) is 0 Å². The van der Waals surface area contributed by atoms with Gasteiger partial charge in [0, 0.05) is 17.8 Å². The van der Waals surface area contributed by atoms with E-state index in [4.69, 9.17) is 4.98 Å². The molecule has 4 aromatic rings. The van der Waals surface area contributed by atoms with Gasteiger partial charge in [-0.2, -0.15) is 0 Å². The van der Waals surface area contributed by atoms with E-state index < -0.39 is 0 Å². The first-order valence-corrected chi connectivity index (χ1v) is 10.6. The molecule has 0 saturated carbocycles. The Morgan fingerprint density at radius 2 is 1.79 bits per heavy atom. The molecule has 0 bridgehead atoms. The third-order valence-corrected chi connectivity index (χ3v) is 6.97. The number of amides is 2. The van der Waals surface area contributed by atoms with Gasteiger partial charge >= 0.3 is 0 Å². The maximum atomic E-state index is 12.6. The molecule has 29 heavy (non-hydrogen) atoms. The van der Waals surface area contributed by atoms with Crippen LogP contribution in [0.4, 0.5) is 0 Å². The molecular formula is C21H17N5O2S. The molecule has 0 radical (unpaired) electrons. The molecule has 2 aliphatic rings. The topological polar surface area (TPSA) is 80.5 Å². The van der Waals surface area contributed by atoms with Crippen molar-refractivity contribution in [3.8, 4) is 0 Å². The Kier molecular flexibility index (Phi) is 3.58. The Labute approximate surface area is 170 Å². The Morgan fingerprint density at radius 1 is 1.03 bits per heavy atom. The van der Waals surface area contributed by atoms with Crippen molar-refractivity contribution in [3.63, 3.8) is 0 Å². The first kappa shape index (κ1) is 16.8. The van der Waals surface area contributed by atoms with Crippen molar-refractivity contribution in [1.29, 1.82) is 0 Å². The minimum atomic E-state index is -0.245. The second-order valence-corrected chi connectivity index (χ2v) is 8.57. The fraction of sp³-hybridized carbons (Fsp3) is 0.286. The van der Waals surface area contributed by atoms with Crippen LogP contribution in [0.1, 0.15) is 49.8 Å². The number of carbonyl (C=O) groups excluding carboxylic acids is 2. The zero-order valence-electron chi connectivity index (χ0n) is 15.6. The number of nitrogens with zero attached hydrogens (tertiary/aromatic N) is 5. The number of carbonyl (C=O) groups is 2. The number of hydrogen-bond acceptors (Lipinski definition) is 6. The van der Waals surface area contributed by atoms with E-state index in [1.54, 1.807) is 46.4 Å². The molecule has 1 aromatic carbocycles. The van der Waals surface area contributed by atoms with Crippen LogP contribution in [0.2, 0.25) is 0 Å². The van der Waals surface area contributed by atoms with Crippen molar-refractivity contribution in [2.24, 2.45) is 0 Å². The van der Waals surface area contributed by atoms with E-state index in [0.29, 0.717) is 23.4 Å². The lowest BCUT2D eigenvalue weighted by atomic mass is 9.97. The first-order valence-electron chi connectivity index (χ1n) is 9.80. The quantitative estimate of drug-likeness (QED) is 0.491. The number of benzene rings is 1. The smallest absolute Gasteiger partial charge is 0.261 e. The second kappa shape index (κ2) is 6.18. The van der Waals surface area contributed by atoms with Crippen molar-refractivity contribution < 1.29 is 9.59 Å². The standard InChI is InChI=1S/C21H17N5O2S/c27-20-12-5-1-2-6-13(12)21(28)25(20)10-9-16-23-18-17-14-7-3-4-8-15(14)29-19(17)22-11-26(18)24-16/h1-2,5-6,11H,3-4,7-10H2. The summed E-state index contributed by atoms with van der Waals surface area (Å²) >= 11 is 1.76. The van der Waals surface area contributed by atoms with E-state index in [1.807, 2.05) is 0 Å². The molecule has 0 spiro atoms. The molecule has 4 heterocycles. The van der Waals surface area contributed by atoms with Gasteiger partial charge in [-0.05, 0) is 43.4 Å². The highest BCUT2D eigenvalue weighted by atomic mass is 32.1. The summed E-state index contributed by atoms with van der Waals surface area (Å²) < 4.78 is 1.72. The first-order chi connectivity index (χ1) is 14.2. The Hall–Kier alpha value is -3.13. The van der Waals surface area contributed by atoms with Gasteiger partial charge in [-0.15, -0.1) is 16.4 Å². The third kappa shape index (κ3) is 2.45. The van der Waals surface area contributed by atoms with E-state index >= 15 is 0 Å². The summed E-state index contributed by atoms with van der Waals surface area (Å²) in [6, 6.07) is 6.94. The van der Waals surface area contributed by atoms with Gasteiger partial charge in [0.05, 0.1) is 16.5 Å². The molecule has 0 saturated heterocycles. The lowest BCUT2D eigenvalue weighted by molar-refractivity contribution is 0.0655. The van der Waals surface area contributed by atoms with Gasteiger partial charge in [0.1, 0.15) is 11.2 Å². The second-order valence-electron chi connectivity index (χ2n) is 7.49. The maximum Gasteiger partial charge on any atom is 0.261 e. The average molecular weight is 403 g/mol. The average Bonchev–Trinajstić information content (AvgIpc) is 3.39. The number of rotatable bonds is 3. The maximum absolute atomic E-state index is 12.6. The van der Waals surface area contributed by atoms with E-state index in [9.17, 15) is 9.59 Å². The number of aryl methyl sites for hydroxylation is 2. The van der Waals surface area contributed by atoms with Crippen molar-refractivity contribution in [2.75, 3.05) is 6.54 Å². The molecule has 0 atom stereocenters. The summed E-state index contributed by atoms with van der Waals surface area (Å²) in [5, 5.41) is 5.67. The van der Waals surface area contributed by atoms with Gasteiger partial charge in [-0.1, -0.05) is 12.1 Å². The molecular weight excluding hydrogens is 386 g/mol. The normalized spacial score (nSPS) is 16.1. The fourth-order valence-electron chi connectivity index (χ4n) is 4.36. The monoisotopic (exact) mass is 403 g/mol. The summed E-state index contributed by atoms with van der Waals surface area (Å²) in [4.78, 5) is 38.2. The van der Waals surface area contributed by atoms with E-state index in [2.05, 4.69) is 10.1 Å². The molecule has 3 aromatic heterocycles. The molecule has 0 fully saturated rings. The molecule has 1 aliphatic heterocycles. The van der Waals surface area contributed by atoms with Gasteiger partial charge in [0.25, 0.3) is 11.8 Å². The number of thiophene rings is 1. The lowest BCUT2D eigenvalue weighted by Crippen LogP contribution is -2.31. The molecule has 8 heteroatoms. The molecule has 7 nitrogen and oxygen atoms in total. The molecule has 1 aliphatic carbocycles. The Morgan fingerprint density at radius 3 is 2.59 bits per heavy atom. The predicted molar refractivity (Wildman–Crippen MR) is 108 cm³/mol. The van der Waals surface area contributed by atoms with Crippen LogP contribution in [-0.2, 0) is 19.3 Å². The summed E-state index contributed by atoms with van der Waals surface area (Å²) in [6.07, 6.45) is 6.73. The van der Waals surface area contributed by atoms with Crippen LogP contribution in [0, 0.1) is 0 Å². The van der Waals surface area contributed by atoms with E-state index in [1.165, 1.54) is 28.2 Å². The summed E-state index contributed by atoms with van der Waals surface area (Å²) in [7, 11) is 0. The lowest BCUT2D eigenvalue weighted by Gasteiger charge is -2.11. The SMILES string of the molecule is O=C1c2ccccc2C(=O)N1CCc1nc2c3c4c(sc3ncn2n1)CCCC4. The molecule has 6 rings (SSSR count). The summed E-state index contributed by atoms with van der Waals surface area (Å²) in [5.74, 6) is 0.127. The minimum Gasteiger partial charge on any atom is -0.274 e. The molecule has 144 valence electrons. The summed E-state index contributed by atoms with van der Waals surface area (Å²) in [5.41, 5.74) is 3.13. The van der Waals surface area contributed by atoms with Gasteiger partial charge < -0.3 is 0 Å². The van der Waals surface area contributed by atoms with E-state index in [0.717, 1.165) is 28.7 Å². The highest BCUT2D eigenvalue weighted by molar-refractivity contribution is 7.19. The van der Waals surface area contributed by atoms with E-state index in [-0.39, 0.29) is 18.4 Å². The van der Waals surface area contributed by atoms with Gasteiger partial charge in [0.15, 0.2) is 11.5 Å². The number of fused-ring (bicyclic) bond motifs is 6. The number of aromatic nitrogens is 4. The zero-order chi connectivity index (χ0) is 19.5. The Balaban J connectivity index is 1.32. The van der Waals surface area contributed by atoms with Crippen LogP contribution in [0.15, 0.2) is 30.6 Å². The van der Waals surface area contributed by atoms with Crippen molar-refractivity contribution >= 4 is 39.0 Å². The van der Waals surface area contributed by atoms with Crippen molar-refractivity contribution in [1.82, 2.24) is 24.5 Å². The largest absolute Gasteiger partial charge is 0.274 e. The third-order valence-electron chi connectivity index (χ3n) is 5.77. The minimum absolute atomic E-state index is 0.245.